The van der Waals surface area contributed by atoms with Crippen LogP contribution in [0.2, 0.25) is 0 Å². The van der Waals surface area contributed by atoms with Crippen LogP contribution in [-0.2, 0) is 0 Å². The zero-order valence-corrected chi connectivity index (χ0v) is 11.2. The van der Waals surface area contributed by atoms with Crippen molar-refractivity contribution in [3.05, 3.63) is 40.6 Å². The summed E-state index contributed by atoms with van der Waals surface area (Å²) in [5, 5.41) is 2.88. The molecular weight excluding hydrogens is 263 g/mol. The molecule has 0 radical (unpaired) electrons. The van der Waals surface area contributed by atoms with Crippen LogP contribution in [0.4, 0.5) is 10.3 Å². The van der Waals surface area contributed by atoms with Gasteiger partial charge < -0.3 is 10.3 Å². The lowest BCUT2D eigenvalue weighted by Gasteiger charge is -2.16. The molecule has 0 aliphatic heterocycles. The maximum absolute atomic E-state index is 13.4. The predicted octanol–water partition coefficient (Wildman–Crippen LogP) is 3.21. The topological polar surface area (TPSA) is 56.7 Å². The Labute approximate surface area is 113 Å². The van der Waals surface area contributed by atoms with Crippen molar-refractivity contribution in [2.45, 2.75) is 19.4 Å². The number of nitrogens with two attached hydrogens (primary N) is 1. The molecule has 0 aliphatic rings. The van der Waals surface area contributed by atoms with Crippen molar-refractivity contribution in [1.82, 2.24) is 14.5 Å². The van der Waals surface area contributed by atoms with Crippen molar-refractivity contribution in [3.63, 3.8) is 0 Å². The second-order valence-electron chi connectivity index (χ2n) is 4.27. The number of halogens is 1. The number of nitrogen functional groups attached to an aromatic ring is 1. The summed E-state index contributed by atoms with van der Waals surface area (Å²) in [5.74, 6) is 0.102. The Morgan fingerprint density at radius 2 is 2.32 bits per heavy atom. The fraction of sp³-hybridized carbons (Fsp3) is 0.231. The van der Waals surface area contributed by atoms with Crippen molar-refractivity contribution >= 4 is 28.3 Å². The summed E-state index contributed by atoms with van der Waals surface area (Å²) in [4.78, 5) is 8.62. The summed E-state index contributed by atoms with van der Waals surface area (Å²) in [5.41, 5.74) is 7.40. The third kappa shape index (κ3) is 1.98. The minimum Gasteiger partial charge on any atom is -0.369 e. The molecule has 0 fully saturated rings. The SMILES string of the molecule is CCC(c1nccs1)n1c(N)nc2ccc(F)cc21. The fourth-order valence-corrected chi connectivity index (χ4v) is 3.09. The normalized spacial score (nSPS) is 12.9. The molecule has 6 heteroatoms. The van der Waals surface area contributed by atoms with E-state index in [1.54, 1.807) is 23.6 Å². The van der Waals surface area contributed by atoms with Gasteiger partial charge in [0.1, 0.15) is 10.8 Å². The Balaban J connectivity index is 2.23. The van der Waals surface area contributed by atoms with E-state index in [0.29, 0.717) is 17.0 Å². The van der Waals surface area contributed by atoms with E-state index >= 15 is 0 Å². The van der Waals surface area contributed by atoms with Gasteiger partial charge in [-0.15, -0.1) is 11.3 Å². The molecule has 4 nitrogen and oxygen atoms in total. The van der Waals surface area contributed by atoms with Gasteiger partial charge in [-0.3, -0.25) is 0 Å². The number of nitrogens with zero attached hydrogens (tertiary/aromatic N) is 3. The molecule has 19 heavy (non-hydrogen) atoms. The van der Waals surface area contributed by atoms with E-state index in [9.17, 15) is 4.39 Å². The number of anilines is 1. The molecule has 3 rings (SSSR count). The minimum absolute atomic E-state index is 0.00759. The van der Waals surface area contributed by atoms with Crippen LogP contribution in [0.3, 0.4) is 0 Å². The largest absolute Gasteiger partial charge is 0.369 e. The summed E-state index contributed by atoms with van der Waals surface area (Å²) < 4.78 is 15.3. The van der Waals surface area contributed by atoms with Gasteiger partial charge in [-0.2, -0.15) is 0 Å². The molecule has 2 aromatic heterocycles. The first-order valence-corrected chi connectivity index (χ1v) is 6.91. The third-order valence-electron chi connectivity index (χ3n) is 3.11. The van der Waals surface area contributed by atoms with Crippen LogP contribution < -0.4 is 5.73 Å². The number of imidazole rings is 1. The van der Waals surface area contributed by atoms with Gasteiger partial charge in [-0.25, -0.2) is 14.4 Å². The molecular formula is C13H13FN4S. The lowest BCUT2D eigenvalue weighted by atomic mass is 10.2. The van der Waals surface area contributed by atoms with Gasteiger partial charge in [0, 0.05) is 11.6 Å². The van der Waals surface area contributed by atoms with Gasteiger partial charge in [0.2, 0.25) is 5.95 Å². The second-order valence-corrected chi connectivity index (χ2v) is 5.19. The highest BCUT2D eigenvalue weighted by atomic mass is 32.1. The monoisotopic (exact) mass is 276 g/mol. The Morgan fingerprint density at radius 3 is 3.00 bits per heavy atom. The van der Waals surface area contributed by atoms with E-state index in [0.717, 1.165) is 11.4 Å². The first-order valence-electron chi connectivity index (χ1n) is 6.03. The van der Waals surface area contributed by atoms with Crippen LogP contribution in [0.5, 0.6) is 0 Å². The molecule has 0 aliphatic carbocycles. The smallest absolute Gasteiger partial charge is 0.201 e. The standard InChI is InChI=1S/C13H13FN4S/c1-2-10(12-16-5-6-19-12)18-11-7-8(14)3-4-9(11)17-13(18)15/h3-7,10H,2H2,1H3,(H2,15,17). The number of benzene rings is 1. The van der Waals surface area contributed by atoms with E-state index in [1.165, 1.54) is 12.1 Å². The van der Waals surface area contributed by atoms with Crippen molar-refractivity contribution in [2.75, 3.05) is 5.73 Å². The Morgan fingerprint density at radius 1 is 1.47 bits per heavy atom. The van der Waals surface area contributed by atoms with Gasteiger partial charge in [0.25, 0.3) is 0 Å². The lowest BCUT2D eigenvalue weighted by Crippen LogP contribution is -2.12. The van der Waals surface area contributed by atoms with E-state index in [-0.39, 0.29) is 11.9 Å². The van der Waals surface area contributed by atoms with Crippen molar-refractivity contribution < 1.29 is 4.39 Å². The molecule has 2 N–H and O–H groups in total. The van der Waals surface area contributed by atoms with Crippen molar-refractivity contribution in [3.8, 4) is 0 Å². The molecule has 2 heterocycles. The van der Waals surface area contributed by atoms with Crippen molar-refractivity contribution in [1.29, 1.82) is 0 Å². The number of hydrogen-bond donors (Lipinski definition) is 1. The van der Waals surface area contributed by atoms with Crippen LogP contribution >= 0.6 is 11.3 Å². The first kappa shape index (κ1) is 12.1. The van der Waals surface area contributed by atoms with Crippen LogP contribution in [-0.4, -0.2) is 14.5 Å². The lowest BCUT2D eigenvalue weighted by molar-refractivity contribution is 0.582. The molecule has 0 saturated heterocycles. The molecule has 1 aromatic carbocycles. The molecule has 98 valence electrons. The Hall–Kier alpha value is -1.95. The van der Waals surface area contributed by atoms with Crippen molar-refractivity contribution in [2.24, 2.45) is 0 Å². The third-order valence-corrected chi connectivity index (χ3v) is 3.99. The molecule has 0 spiro atoms. The Bertz CT molecular complexity index is 705. The first-order chi connectivity index (χ1) is 9.20. The van der Waals surface area contributed by atoms with Crippen LogP contribution in [0, 0.1) is 5.82 Å². The fourth-order valence-electron chi connectivity index (χ4n) is 2.28. The van der Waals surface area contributed by atoms with Gasteiger partial charge in [0.05, 0.1) is 17.1 Å². The van der Waals surface area contributed by atoms with Crippen LogP contribution in [0.1, 0.15) is 24.4 Å². The maximum Gasteiger partial charge on any atom is 0.201 e. The zero-order valence-electron chi connectivity index (χ0n) is 10.4. The second kappa shape index (κ2) is 4.62. The summed E-state index contributed by atoms with van der Waals surface area (Å²) in [7, 11) is 0. The van der Waals surface area contributed by atoms with Crippen LogP contribution in [0.15, 0.2) is 29.8 Å². The highest BCUT2D eigenvalue weighted by molar-refractivity contribution is 7.09. The number of fused-ring (bicyclic) bond motifs is 1. The van der Waals surface area contributed by atoms with E-state index in [4.69, 9.17) is 5.73 Å². The van der Waals surface area contributed by atoms with Gasteiger partial charge in [0.15, 0.2) is 0 Å². The number of hydrogen-bond acceptors (Lipinski definition) is 4. The summed E-state index contributed by atoms with van der Waals surface area (Å²) in [6, 6.07) is 4.50. The highest BCUT2D eigenvalue weighted by Crippen LogP contribution is 2.31. The molecule has 1 atom stereocenters. The maximum atomic E-state index is 13.4. The molecule has 3 aromatic rings. The average Bonchev–Trinajstić information content (AvgIpc) is 3.00. The van der Waals surface area contributed by atoms with Gasteiger partial charge in [-0.1, -0.05) is 6.92 Å². The van der Waals surface area contributed by atoms with E-state index in [2.05, 4.69) is 16.9 Å². The van der Waals surface area contributed by atoms with Crippen LogP contribution in [0.25, 0.3) is 11.0 Å². The highest BCUT2D eigenvalue weighted by Gasteiger charge is 2.20. The summed E-state index contributed by atoms with van der Waals surface area (Å²) in [6.07, 6.45) is 2.58. The minimum atomic E-state index is -0.289. The predicted molar refractivity (Wildman–Crippen MR) is 74.6 cm³/mol. The summed E-state index contributed by atoms with van der Waals surface area (Å²) >= 11 is 1.57. The number of rotatable bonds is 3. The quantitative estimate of drug-likeness (QED) is 0.799. The van der Waals surface area contributed by atoms with Gasteiger partial charge >= 0.3 is 0 Å². The van der Waals surface area contributed by atoms with E-state index < -0.39 is 0 Å². The average molecular weight is 276 g/mol. The van der Waals surface area contributed by atoms with E-state index in [1.807, 2.05) is 9.95 Å². The summed E-state index contributed by atoms with van der Waals surface area (Å²) in [6.45, 7) is 2.05. The molecule has 0 saturated carbocycles. The number of thiazole rings is 1. The number of aromatic nitrogens is 3. The Kier molecular flexibility index (Phi) is 2.94. The molecule has 0 amide bonds. The molecule has 0 bridgehead atoms. The van der Waals surface area contributed by atoms with Gasteiger partial charge in [-0.05, 0) is 24.6 Å². The zero-order chi connectivity index (χ0) is 13.4. The molecule has 1 unspecified atom stereocenters.